The number of amides is 1. The van der Waals surface area contributed by atoms with E-state index in [0.717, 1.165) is 20.8 Å². The smallest absolute Gasteiger partial charge is 0.269 e. The monoisotopic (exact) mass is 385 g/mol. The van der Waals surface area contributed by atoms with Crippen molar-refractivity contribution in [2.45, 2.75) is 24.2 Å². The van der Waals surface area contributed by atoms with Crippen LogP contribution in [-0.4, -0.2) is 16.9 Å². The van der Waals surface area contributed by atoms with Gasteiger partial charge in [-0.2, -0.15) is 5.26 Å². The highest BCUT2D eigenvalue weighted by Gasteiger charge is 2.23. The van der Waals surface area contributed by atoms with Gasteiger partial charge in [0.1, 0.15) is 16.0 Å². The van der Waals surface area contributed by atoms with Crippen LogP contribution in [0.15, 0.2) is 45.6 Å². The van der Waals surface area contributed by atoms with Crippen LogP contribution in [0.1, 0.15) is 18.7 Å². The first-order valence-corrected chi connectivity index (χ1v) is 9.72. The number of thiophene rings is 1. The maximum absolute atomic E-state index is 13.0. The van der Waals surface area contributed by atoms with E-state index in [-0.39, 0.29) is 17.5 Å². The normalized spacial score (nSPS) is 11.7. The molecule has 0 bridgehead atoms. The molecule has 0 saturated heterocycles. The Hall–Kier alpha value is -2.14. The van der Waals surface area contributed by atoms with Gasteiger partial charge < -0.3 is 4.90 Å². The molecule has 3 rings (SSSR count). The average molecular weight is 386 g/mol. The molecular weight excluding hydrogens is 370 g/mol. The molecule has 1 aromatic carbocycles. The Kier molecular flexibility index (Phi) is 5.23. The highest BCUT2D eigenvalue weighted by Crippen LogP contribution is 2.30. The van der Waals surface area contributed by atoms with E-state index < -0.39 is 0 Å². The summed E-state index contributed by atoms with van der Waals surface area (Å²) in [4.78, 5) is 19.8. The molecule has 0 spiro atoms. The van der Waals surface area contributed by atoms with Crippen LogP contribution in [0.4, 0.5) is 5.69 Å². The number of aromatic nitrogens is 1. The zero-order valence-electron chi connectivity index (χ0n) is 13.6. The van der Waals surface area contributed by atoms with E-state index in [4.69, 9.17) is 0 Å². The van der Waals surface area contributed by atoms with Crippen LogP contribution in [-0.2, 0) is 4.79 Å². The van der Waals surface area contributed by atoms with Crippen molar-refractivity contribution >= 4 is 63.2 Å². The number of rotatable bonds is 4. The maximum Gasteiger partial charge on any atom is 0.269 e. The molecule has 25 heavy (non-hydrogen) atoms. The van der Waals surface area contributed by atoms with Crippen LogP contribution in [0.25, 0.3) is 16.3 Å². The Morgan fingerprint density at radius 1 is 1.40 bits per heavy atom. The zero-order chi connectivity index (χ0) is 18.0. The van der Waals surface area contributed by atoms with E-state index in [1.54, 1.807) is 11.0 Å². The van der Waals surface area contributed by atoms with Crippen molar-refractivity contribution < 1.29 is 4.79 Å². The second kappa shape index (κ2) is 7.40. The molecule has 7 heteroatoms. The summed E-state index contributed by atoms with van der Waals surface area (Å²) in [5.74, 6) is -0.305. The Labute approximate surface area is 159 Å². The third-order valence-corrected chi connectivity index (χ3v) is 5.57. The van der Waals surface area contributed by atoms with Crippen LogP contribution in [0.3, 0.4) is 0 Å². The van der Waals surface area contributed by atoms with Crippen LogP contribution < -0.4 is 4.90 Å². The van der Waals surface area contributed by atoms with Gasteiger partial charge in [0.15, 0.2) is 0 Å². The van der Waals surface area contributed by atoms with E-state index in [0.29, 0.717) is 4.34 Å². The fourth-order valence-corrected chi connectivity index (χ4v) is 4.29. The number of thiazole rings is 1. The highest BCUT2D eigenvalue weighted by molar-refractivity contribution is 7.82. The van der Waals surface area contributed by atoms with Crippen molar-refractivity contribution in [1.82, 2.24) is 4.98 Å². The van der Waals surface area contributed by atoms with Gasteiger partial charge in [0.05, 0.1) is 10.2 Å². The lowest BCUT2D eigenvalue weighted by Gasteiger charge is -2.26. The molecule has 3 aromatic rings. The predicted molar refractivity (Wildman–Crippen MR) is 107 cm³/mol. The third-order valence-electron chi connectivity index (χ3n) is 3.55. The molecule has 0 radical (unpaired) electrons. The van der Waals surface area contributed by atoms with E-state index in [1.807, 2.05) is 55.6 Å². The zero-order valence-corrected chi connectivity index (χ0v) is 16.2. The van der Waals surface area contributed by atoms with Crippen molar-refractivity contribution in [3.05, 3.63) is 46.2 Å². The van der Waals surface area contributed by atoms with E-state index >= 15 is 0 Å². The predicted octanol–water partition coefficient (Wildman–Crippen LogP) is 5.00. The van der Waals surface area contributed by atoms with E-state index in [1.165, 1.54) is 22.7 Å². The SMILES string of the molecule is CC(C)N(C(=O)C(C#N)=Cc1cccs1)c1ccc2nc(S)sc2c1. The fraction of sp³-hybridized carbons (Fsp3) is 0.167. The number of thiol groups is 1. The molecule has 4 nitrogen and oxygen atoms in total. The molecule has 0 aliphatic rings. The second-order valence-corrected chi connectivity index (χ2v) is 8.34. The topological polar surface area (TPSA) is 57.0 Å². The molecule has 0 aliphatic heterocycles. The minimum Gasteiger partial charge on any atom is -0.305 e. The van der Waals surface area contributed by atoms with Gasteiger partial charge in [-0.25, -0.2) is 4.98 Å². The molecule has 0 unspecified atom stereocenters. The molecule has 0 N–H and O–H groups in total. The van der Waals surface area contributed by atoms with Crippen molar-refractivity contribution in [2.24, 2.45) is 0 Å². The third kappa shape index (κ3) is 3.76. The molecular formula is C18H15N3OS3. The van der Waals surface area contributed by atoms with E-state index in [2.05, 4.69) is 17.6 Å². The number of nitriles is 1. The van der Waals surface area contributed by atoms with Gasteiger partial charge in [0.25, 0.3) is 5.91 Å². The summed E-state index contributed by atoms with van der Waals surface area (Å²) in [5, 5.41) is 11.4. The number of nitrogens with zero attached hydrogens (tertiary/aromatic N) is 3. The number of hydrogen-bond donors (Lipinski definition) is 1. The number of hydrogen-bond acceptors (Lipinski definition) is 6. The molecule has 0 atom stereocenters. The summed E-state index contributed by atoms with van der Waals surface area (Å²) in [7, 11) is 0. The van der Waals surface area contributed by atoms with Gasteiger partial charge in [-0.3, -0.25) is 4.79 Å². The number of benzene rings is 1. The fourth-order valence-electron chi connectivity index (χ4n) is 2.49. The number of carbonyl (C=O) groups excluding carboxylic acids is 1. The van der Waals surface area contributed by atoms with E-state index in [9.17, 15) is 10.1 Å². The lowest BCUT2D eigenvalue weighted by molar-refractivity contribution is -0.115. The maximum atomic E-state index is 13.0. The van der Waals surface area contributed by atoms with Gasteiger partial charge in [-0.1, -0.05) is 6.07 Å². The summed E-state index contributed by atoms with van der Waals surface area (Å²) in [5.41, 5.74) is 1.72. The summed E-state index contributed by atoms with van der Waals surface area (Å²) in [6, 6.07) is 11.4. The van der Waals surface area contributed by atoms with Crippen molar-refractivity contribution in [3.63, 3.8) is 0 Å². The Bertz CT molecular complexity index is 981. The van der Waals surface area contributed by atoms with Gasteiger partial charge in [-0.05, 0) is 49.6 Å². The lowest BCUT2D eigenvalue weighted by Crippen LogP contribution is -2.37. The quantitative estimate of drug-likeness (QED) is 0.391. The molecule has 0 aliphatic carbocycles. The molecule has 2 heterocycles. The minimum atomic E-state index is -0.305. The largest absolute Gasteiger partial charge is 0.305 e. The molecule has 126 valence electrons. The van der Waals surface area contributed by atoms with Crippen LogP contribution in [0.2, 0.25) is 0 Å². The number of carbonyl (C=O) groups is 1. The van der Waals surface area contributed by atoms with Gasteiger partial charge >= 0.3 is 0 Å². The van der Waals surface area contributed by atoms with Crippen LogP contribution >= 0.6 is 35.3 Å². The molecule has 0 fully saturated rings. The molecule has 0 saturated carbocycles. The van der Waals surface area contributed by atoms with Crippen LogP contribution in [0, 0.1) is 11.3 Å². The van der Waals surface area contributed by atoms with Gasteiger partial charge in [0.2, 0.25) is 0 Å². The van der Waals surface area contributed by atoms with Crippen molar-refractivity contribution in [1.29, 1.82) is 5.26 Å². The Morgan fingerprint density at radius 3 is 2.84 bits per heavy atom. The number of anilines is 1. The van der Waals surface area contributed by atoms with Crippen molar-refractivity contribution in [2.75, 3.05) is 4.90 Å². The minimum absolute atomic E-state index is 0.0894. The lowest BCUT2D eigenvalue weighted by atomic mass is 10.1. The average Bonchev–Trinajstić information content (AvgIpc) is 3.20. The summed E-state index contributed by atoms with van der Waals surface area (Å²) in [6.45, 7) is 3.86. The molecule has 1 amide bonds. The number of fused-ring (bicyclic) bond motifs is 1. The highest BCUT2D eigenvalue weighted by atomic mass is 32.2. The molecule has 2 aromatic heterocycles. The summed E-state index contributed by atoms with van der Waals surface area (Å²) >= 11 is 7.24. The van der Waals surface area contributed by atoms with Gasteiger partial charge in [0, 0.05) is 16.6 Å². The standard InChI is InChI=1S/C18H15N3OS3/c1-11(2)21(13-5-6-15-16(9-13)25-18(23)20-15)17(22)12(10-19)8-14-4-3-7-24-14/h3-9,11H,1-2H3,(H,20,23). The van der Waals surface area contributed by atoms with Crippen LogP contribution in [0.5, 0.6) is 0 Å². The Balaban J connectivity index is 2.01. The van der Waals surface area contributed by atoms with Gasteiger partial charge in [-0.15, -0.1) is 35.3 Å². The first kappa shape index (κ1) is 17.7. The van der Waals surface area contributed by atoms with Crippen molar-refractivity contribution in [3.8, 4) is 6.07 Å². The first-order valence-electron chi connectivity index (χ1n) is 7.58. The first-order chi connectivity index (χ1) is 12.0. The summed E-state index contributed by atoms with van der Waals surface area (Å²) in [6.07, 6.45) is 1.64. The summed E-state index contributed by atoms with van der Waals surface area (Å²) < 4.78 is 1.64. The Morgan fingerprint density at radius 2 is 2.20 bits per heavy atom. The second-order valence-electron chi connectivity index (χ2n) is 5.60.